The molecule has 0 saturated heterocycles. The Labute approximate surface area is 277 Å². The zero-order chi connectivity index (χ0) is 31.8. The second-order valence-corrected chi connectivity index (χ2v) is 12.6. The topological polar surface area (TPSA) is 6.48 Å². The van der Waals surface area contributed by atoms with Crippen LogP contribution in [0.4, 0.5) is 34.1 Å². The first-order valence-electron chi connectivity index (χ1n) is 16.3. The molecule has 1 aliphatic carbocycles. The number of nitrogens with zero attached hydrogens (tertiary/aromatic N) is 2. The third kappa shape index (κ3) is 5.09. The van der Waals surface area contributed by atoms with Crippen LogP contribution in [0, 0.1) is 0 Å². The van der Waals surface area contributed by atoms with Crippen molar-refractivity contribution in [3.63, 3.8) is 0 Å². The lowest BCUT2D eigenvalue weighted by atomic mass is 9.82. The summed E-state index contributed by atoms with van der Waals surface area (Å²) < 4.78 is 0. The first-order chi connectivity index (χ1) is 23.1. The zero-order valence-corrected chi connectivity index (χ0v) is 26.7. The van der Waals surface area contributed by atoms with E-state index in [1.54, 1.807) is 0 Å². The van der Waals surface area contributed by atoms with Gasteiger partial charge in [-0.15, -0.1) is 0 Å². The van der Waals surface area contributed by atoms with Crippen LogP contribution in [0.25, 0.3) is 22.3 Å². The molecule has 2 nitrogen and oxygen atoms in total. The summed E-state index contributed by atoms with van der Waals surface area (Å²) in [6.45, 7) is 4.73. The second kappa shape index (κ2) is 11.8. The molecule has 2 heteroatoms. The van der Waals surface area contributed by atoms with Crippen molar-refractivity contribution in [3.8, 4) is 22.3 Å². The molecule has 0 atom stereocenters. The summed E-state index contributed by atoms with van der Waals surface area (Å²) in [6.07, 6.45) is 0. The van der Waals surface area contributed by atoms with Gasteiger partial charge in [-0.05, 0) is 94.5 Å². The van der Waals surface area contributed by atoms with Crippen LogP contribution in [0.2, 0.25) is 0 Å². The Balaban J connectivity index is 1.27. The van der Waals surface area contributed by atoms with Crippen LogP contribution in [-0.2, 0) is 5.41 Å². The third-order valence-electron chi connectivity index (χ3n) is 9.44. The Hall–Kier alpha value is -5.86. The molecule has 0 saturated carbocycles. The molecule has 7 aromatic rings. The summed E-state index contributed by atoms with van der Waals surface area (Å²) >= 11 is 0. The van der Waals surface area contributed by atoms with Crippen molar-refractivity contribution in [2.24, 2.45) is 0 Å². The lowest BCUT2D eigenvalue weighted by Gasteiger charge is -2.28. The zero-order valence-electron chi connectivity index (χ0n) is 26.7. The van der Waals surface area contributed by atoms with Gasteiger partial charge in [0.1, 0.15) is 0 Å². The van der Waals surface area contributed by atoms with Gasteiger partial charge in [-0.1, -0.05) is 129 Å². The van der Waals surface area contributed by atoms with Crippen molar-refractivity contribution in [1.29, 1.82) is 0 Å². The van der Waals surface area contributed by atoms with E-state index in [9.17, 15) is 0 Å². The number of hydrogen-bond acceptors (Lipinski definition) is 2. The van der Waals surface area contributed by atoms with Crippen LogP contribution in [0.3, 0.4) is 0 Å². The van der Waals surface area contributed by atoms with Crippen molar-refractivity contribution in [1.82, 2.24) is 0 Å². The van der Waals surface area contributed by atoms with Gasteiger partial charge in [-0.2, -0.15) is 0 Å². The van der Waals surface area contributed by atoms with E-state index >= 15 is 0 Å². The molecule has 0 heterocycles. The minimum absolute atomic E-state index is 0.185. The maximum atomic E-state index is 2.41. The highest BCUT2D eigenvalue weighted by atomic mass is 15.2. The van der Waals surface area contributed by atoms with Gasteiger partial charge < -0.3 is 9.80 Å². The summed E-state index contributed by atoms with van der Waals surface area (Å²) in [5, 5.41) is 0. The highest BCUT2D eigenvalue weighted by Crippen LogP contribution is 2.55. The number of hydrogen-bond donors (Lipinski definition) is 0. The second-order valence-electron chi connectivity index (χ2n) is 12.6. The van der Waals surface area contributed by atoms with Crippen LogP contribution >= 0.6 is 0 Å². The largest absolute Gasteiger partial charge is 0.310 e. The molecule has 0 aliphatic heterocycles. The van der Waals surface area contributed by atoms with E-state index in [2.05, 4.69) is 206 Å². The lowest BCUT2D eigenvalue weighted by molar-refractivity contribution is 0.660. The molecule has 0 aromatic heterocycles. The monoisotopic (exact) mass is 604 g/mol. The number of benzene rings is 7. The van der Waals surface area contributed by atoms with Gasteiger partial charge in [0.25, 0.3) is 0 Å². The van der Waals surface area contributed by atoms with Crippen LogP contribution in [0.1, 0.15) is 25.0 Å². The van der Waals surface area contributed by atoms with Gasteiger partial charge >= 0.3 is 0 Å². The van der Waals surface area contributed by atoms with Gasteiger partial charge in [0, 0.05) is 39.4 Å². The number of para-hydroxylation sites is 3. The Morgan fingerprint density at radius 2 is 0.830 bits per heavy atom. The first kappa shape index (κ1) is 28.6. The average molecular weight is 605 g/mol. The van der Waals surface area contributed by atoms with Gasteiger partial charge in [-0.25, -0.2) is 0 Å². The van der Waals surface area contributed by atoms with Crippen LogP contribution in [-0.4, -0.2) is 0 Å². The van der Waals surface area contributed by atoms with E-state index in [4.69, 9.17) is 0 Å². The summed E-state index contributed by atoms with van der Waals surface area (Å²) in [6, 6.07) is 65.4. The van der Waals surface area contributed by atoms with E-state index in [0.29, 0.717) is 0 Å². The van der Waals surface area contributed by atoms with Gasteiger partial charge in [-0.3, -0.25) is 0 Å². The van der Waals surface area contributed by atoms with E-state index in [0.717, 1.165) is 28.4 Å². The molecule has 0 bridgehead atoms. The number of rotatable bonds is 7. The SMILES string of the molecule is CC1(C)c2cc(N(c3ccccc3)c3ccc(-c4ccccc4)cc3)ccc2-c2c(N(c3ccccc3)c3ccccc3)cccc21. The predicted molar refractivity (Wildman–Crippen MR) is 199 cm³/mol. The van der Waals surface area contributed by atoms with Crippen molar-refractivity contribution in [3.05, 3.63) is 193 Å². The molecule has 0 amide bonds. The molecule has 7 aromatic carbocycles. The highest BCUT2D eigenvalue weighted by molar-refractivity contribution is 5.96. The molecule has 226 valence electrons. The van der Waals surface area contributed by atoms with E-state index in [-0.39, 0.29) is 5.41 Å². The summed E-state index contributed by atoms with van der Waals surface area (Å²) in [5.41, 5.74) is 14.4. The normalized spacial score (nSPS) is 12.6. The minimum atomic E-state index is -0.185. The molecule has 0 spiro atoms. The Morgan fingerprint density at radius 1 is 0.362 bits per heavy atom. The maximum Gasteiger partial charge on any atom is 0.0543 e. The summed E-state index contributed by atoms with van der Waals surface area (Å²) in [5.74, 6) is 0. The molecule has 8 rings (SSSR count). The fourth-order valence-electron chi connectivity index (χ4n) is 7.12. The lowest BCUT2D eigenvalue weighted by Crippen LogP contribution is -2.17. The van der Waals surface area contributed by atoms with Crippen molar-refractivity contribution in [2.45, 2.75) is 19.3 Å². The van der Waals surface area contributed by atoms with E-state index in [1.807, 2.05) is 0 Å². The molecule has 0 N–H and O–H groups in total. The third-order valence-corrected chi connectivity index (χ3v) is 9.44. The van der Waals surface area contributed by atoms with E-state index < -0.39 is 0 Å². The molecule has 0 fully saturated rings. The maximum absolute atomic E-state index is 2.41. The smallest absolute Gasteiger partial charge is 0.0543 e. The predicted octanol–water partition coefficient (Wildman–Crippen LogP) is 12.6. The fraction of sp³-hybridized carbons (Fsp3) is 0.0667. The molecule has 1 aliphatic rings. The minimum Gasteiger partial charge on any atom is -0.310 e. The number of fused-ring (bicyclic) bond motifs is 3. The molecule has 0 unspecified atom stereocenters. The number of anilines is 6. The fourth-order valence-corrected chi connectivity index (χ4v) is 7.12. The summed E-state index contributed by atoms with van der Waals surface area (Å²) in [7, 11) is 0. The summed E-state index contributed by atoms with van der Waals surface area (Å²) in [4.78, 5) is 4.76. The first-order valence-corrected chi connectivity index (χ1v) is 16.3. The van der Waals surface area contributed by atoms with Crippen LogP contribution < -0.4 is 9.80 Å². The standard InChI is InChI=1S/C45H36N2/c1-45(2)41-24-15-25-43(47(36-20-11-5-12-21-36)37-22-13-6-14-23-37)44(41)40-31-30-39(32-42(40)45)46(35-18-9-4-10-19-35)38-28-26-34(27-29-38)33-16-7-3-8-17-33/h3-32H,1-2H3. The van der Waals surface area contributed by atoms with Crippen molar-refractivity contribution in [2.75, 3.05) is 9.80 Å². The van der Waals surface area contributed by atoms with Crippen LogP contribution in [0.5, 0.6) is 0 Å². The van der Waals surface area contributed by atoms with E-state index in [1.165, 1.54) is 39.1 Å². The van der Waals surface area contributed by atoms with Crippen molar-refractivity contribution < 1.29 is 0 Å². The Morgan fingerprint density at radius 3 is 1.40 bits per heavy atom. The quantitative estimate of drug-likeness (QED) is 0.179. The molecular weight excluding hydrogens is 569 g/mol. The average Bonchev–Trinajstić information content (AvgIpc) is 3.37. The van der Waals surface area contributed by atoms with Crippen LogP contribution in [0.15, 0.2) is 182 Å². The Bertz CT molecular complexity index is 2100. The molecule has 0 radical (unpaired) electrons. The van der Waals surface area contributed by atoms with Crippen molar-refractivity contribution >= 4 is 34.1 Å². The van der Waals surface area contributed by atoms with Gasteiger partial charge in [0.15, 0.2) is 0 Å². The molecule has 47 heavy (non-hydrogen) atoms. The van der Waals surface area contributed by atoms with Gasteiger partial charge in [0.2, 0.25) is 0 Å². The molecular formula is C45H36N2. The van der Waals surface area contributed by atoms with Gasteiger partial charge in [0.05, 0.1) is 5.69 Å². The Kier molecular flexibility index (Phi) is 7.19. The highest BCUT2D eigenvalue weighted by Gasteiger charge is 2.38.